The smallest absolute Gasteiger partial charge is 0.399 e. The van der Waals surface area contributed by atoms with Crippen molar-refractivity contribution in [3.05, 3.63) is 54.1 Å². The van der Waals surface area contributed by atoms with Gasteiger partial charge in [0, 0.05) is 37.6 Å². The van der Waals surface area contributed by atoms with Crippen LogP contribution in [0, 0.1) is 0 Å². The number of benzene rings is 2. The van der Waals surface area contributed by atoms with Crippen LogP contribution in [-0.4, -0.2) is 49.6 Å². The van der Waals surface area contributed by atoms with Gasteiger partial charge in [0.15, 0.2) is 0 Å². The summed E-state index contributed by atoms with van der Waals surface area (Å²) in [5.41, 5.74) is 3.84. The van der Waals surface area contributed by atoms with Crippen LogP contribution in [0.5, 0.6) is 0 Å². The Kier molecular flexibility index (Phi) is 5.36. The zero-order chi connectivity index (χ0) is 20.6. The SMILES string of the molecule is CC1(C)OB(c2ccc(N3CCN(c4ccc(CO)cc4)CC3)cc2)OC1(C)C. The summed E-state index contributed by atoms with van der Waals surface area (Å²) in [4.78, 5) is 4.82. The van der Waals surface area contributed by atoms with Gasteiger partial charge in [0.05, 0.1) is 17.8 Å². The predicted octanol–water partition coefficient (Wildman–Crippen LogP) is 2.80. The van der Waals surface area contributed by atoms with E-state index in [2.05, 4.69) is 73.9 Å². The van der Waals surface area contributed by atoms with Crippen molar-refractivity contribution in [1.29, 1.82) is 0 Å². The Morgan fingerprint density at radius 1 is 0.759 bits per heavy atom. The number of rotatable bonds is 4. The Hall–Kier alpha value is -2.02. The quantitative estimate of drug-likeness (QED) is 0.809. The third kappa shape index (κ3) is 4.02. The van der Waals surface area contributed by atoms with Crippen LogP contribution in [0.1, 0.15) is 33.3 Å². The summed E-state index contributed by atoms with van der Waals surface area (Å²) in [6, 6.07) is 16.8. The van der Waals surface area contributed by atoms with Crippen molar-refractivity contribution in [2.45, 2.75) is 45.5 Å². The maximum Gasteiger partial charge on any atom is 0.494 e. The minimum absolute atomic E-state index is 0.0932. The van der Waals surface area contributed by atoms with Gasteiger partial charge in [-0.05, 0) is 63.0 Å². The second-order valence-corrected chi connectivity index (χ2v) is 8.98. The van der Waals surface area contributed by atoms with Crippen LogP contribution in [0.25, 0.3) is 0 Å². The first-order chi connectivity index (χ1) is 13.8. The monoisotopic (exact) mass is 394 g/mol. The maximum atomic E-state index is 9.20. The normalized spacial score (nSPS) is 20.9. The van der Waals surface area contributed by atoms with Gasteiger partial charge in [-0.3, -0.25) is 0 Å². The summed E-state index contributed by atoms with van der Waals surface area (Å²) >= 11 is 0. The van der Waals surface area contributed by atoms with E-state index >= 15 is 0 Å². The molecule has 154 valence electrons. The number of anilines is 2. The van der Waals surface area contributed by atoms with Crippen LogP contribution in [0.15, 0.2) is 48.5 Å². The molecule has 5 nitrogen and oxygen atoms in total. The van der Waals surface area contributed by atoms with E-state index in [1.165, 1.54) is 11.4 Å². The van der Waals surface area contributed by atoms with E-state index < -0.39 is 0 Å². The molecule has 1 N–H and O–H groups in total. The summed E-state index contributed by atoms with van der Waals surface area (Å²) < 4.78 is 12.3. The minimum Gasteiger partial charge on any atom is -0.399 e. The van der Waals surface area contributed by atoms with Gasteiger partial charge in [-0.2, -0.15) is 0 Å². The lowest BCUT2D eigenvalue weighted by Gasteiger charge is -2.37. The first-order valence-electron chi connectivity index (χ1n) is 10.4. The number of aliphatic hydroxyl groups is 1. The highest BCUT2D eigenvalue weighted by Crippen LogP contribution is 2.36. The van der Waals surface area contributed by atoms with Gasteiger partial charge in [0.2, 0.25) is 0 Å². The summed E-state index contributed by atoms with van der Waals surface area (Å²) in [6.07, 6.45) is 0. The summed E-state index contributed by atoms with van der Waals surface area (Å²) in [6.45, 7) is 12.4. The van der Waals surface area contributed by atoms with Crippen LogP contribution in [0.3, 0.4) is 0 Å². The van der Waals surface area contributed by atoms with E-state index in [1.807, 2.05) is 12.1 Å². The van der Waals surface area contributed by atoms with Crippen molar-refractivity contribution >= 4 is 24.0 Å². The average Bonchev–Trinajstić information content (AvgIpc) is 2.95. The molecule has 29 heavy (non-hydrogen) atoms. The Morgan fingerprint density at radius 2 is 1.17 bits per heavy atom. The largest absolute Gasteiger partial charge is 0.494 e. The van der Waals surface area contributed by atoms with E-state index in [1.54, 1.807) is 0 Å². The fraction of sp³-hybridized carbons (Fsp3) is 0.478. The van der Waals surface area contributed by atoms with Crippen molar-refractivity contribution in [3.63, 3.8) is 0 Å². The molecule has 0 amide bonds. The molecule has 0 bridgehead atoms. The number of piperazine rings is 1. The fourth-order valence-corrected chi connectivity index (χ4v) is 3.86. The zero-order valence-electron chi connectivity index (χ0n) is 17.9. The highest BCUT2D eigenvalue weighted by Gasteiger charge is 2.51. The van der Waals surface area contributed by atoms with Crippen LogP contribution in [0.4, 0.5) is 11.4 Å². The molecule has 2 aliphatic heterocycles. The lowest BCUT2D eigenvalue weighted by molar-refractivity contribution is 0.00578. The molecule has 2 aromatic rings. The van der Waals surface area contributed by atoms with E-state index in [-0.39, 0.29) is 24.9 Å². The molecule has 0 unspecified atom stereocenters. The Balaban J connectivity index is 1.37. The van der Waals surface area contributed by atoms with Crippen LogP contribution >= 0.6 is 0 Å². The molecular weight excluding hydrogens is 363 g/mol. The van der Waals surface area contributed by atoms with Crippen molar-refractivity contribution in [2.24, 2.45) is 0 Å². The number of hydrogen-bond acceptors (Lipinski definition) is 5. The summed E-state index contributed by atoms with van der Waals surface area (Å²) in [7, 11) is -0.312. The molecule has 2 heterocycles. The van der Waals surface area contributed by atoms with E-state index in [0.717, 1.165) is 37.2 Å². The second-order valence-electron chi connectivity index (χ2n) is 8.98. The molecule has 2 aromatic carbocycles. The van der Waals surface area contributed by atoms with Gasteiger partial charge < -0.3 is 24.2 Å². The molecule has 0 aromatic heterocycles. The van der Waals surface area contributed by atoms with Gasteiger partial charge >= 0.3 is 7.12 Å². The number of aliphatic hydroxyl groups excluding tert-OH is 1. The average molecular weight is 394 g/mol. The Morgan fingerprint density at radius 3 is 1.59 bits per heavy atom. The third-order valence-electron chi connectivity index (χ3n) is 6.55. The minimum atomic E-state index is -0.317. The van der Waals surface area contributed by atoms with Gasteiger partial charge in [-0.1, -0.05) is 24.3 Å². The molecule has 4 rings (SSSR count). The van der Waals surface area contributed by atoms with Crippen LogP contribution in [0.2, 0.25) is 0 Å². The van der Waals surface area contributed by atoms with E-state index in [4.69, 9.17) is 9.31 Å². The number of nitrogens with zero attached hydrogens (tertiary/aromatic N) is 2. The maximum absolute atomic E-state index is 9.20. The van der Waals surface area contributed by atoms with Crippen LogP contribution < -0.4 is 15.3 Å². The summed E-state index contributed by atoms with van der Waals surface area (Å²) in [5, 5.41) is 9.20. The summed E-state index contributed by atoms with van der Waals surface area (Å²) in [5.74, 6) is 0. The van der Waals surface area contributed by atoms with Crippen molar-refractivity contribution in [2.75, 3.05) is 36.0 Å². The molecule has 0 saturated carbocycles. The highest BCUT2D eigenvalue weighted by molar-refractivity contribution is 6.62. The topological polar surface area (TPSA) is 45.2 Å². The third-order valence-corrected chi connectivity index (χ3v) is 6.55. The van der Waals surface area contributed by atoms with E-state index in [9.17, 15) is 5.11 Å². The molecule has 0 aliphatic carbocycles. The molecular formula is C23H31BN2O3. The fourth-order valence-electron chi connectivity index (χ4n) is 3.86. The molecule has 0 radical (unpaired) electrons. The lowest BCUT2D eigenvalue weighted by atomic mass is 9.79. The van der Waals surface area contributed by atoms with E-state index in [0.29, 0.717) is 0 Å². The lowest BCUT2D eigenvalue weighted by Crippen LogP contribution is -2.46. The first kappa shape index (κ1) is 20.3. The molecule has 2 fully saturated rings. The van der Waals surface area contributed by atoms with Crippen LogP contribution in [-0.2, 0) is 15.9 Å². The van der Waals surface area contributed by atoms with Gasteiger partial charge in [0.1, 0.15) is 0 Å². The van der Waals surface area contributed by atoms with Gasteiger partial charge in [-0.15, -0.1) is 0 Å². The molecule has 2 aliphatic rings. The Bertz CT molecular complexity index is 812. The molecule has 0 atom stereocenters. The number of hydrogen-bond donors (Lipinski definition) is 1. The zero-order valence-corrected chi connectivity index (χ0v) is 17.9. The molecule has 2 saturated heterocycles. The second kappa shape index (κ2) is 7.67. The highest BCUT2D eigenvalue weighted by atomic mass is 16.7. The predicted molar refractivity (Wildman–Crippen MR) is 119 cm³/mol. The van der Waals surface area contributed by atoms with Crippen molar-refractivity contribution in [3.8, 4) is 0 Å². The van der Waals surface area contributed by atoms with Crippen molar-refractivity contribution in [1.82, 2.24) is 0 Å². The standard InChI is InChI=1S/C23H31BN2O3/c1-22(2)23(3,4)29-24(28-22)19-7-11-21(12-8-19)26-15-13-25(14-16-26)20-9-5-18(17-27)6-10-20/h5-12,27H,13-17H2,1-4H3. The van der Waals surface area contributed by atoms with Gasteiger partial charge in [0.25, 0.3) is 0 Å². The van der Waals surface area contributed by atoms with Crippen molar-refractivity contribution < 1.29 is 14.4 Å². The first-order valence-corrected chi connectivity index (χ1v) is 10.4. The molecule has 0 spiro atoms. The van der Waals surface area contributed by atoms with Gasteiger partial charge in [-0.25, -0.2) is 0 Å². The Labute approximate surface area is 174 Å². The molecule has 6 heteroatoms.